The van der Waals surface area contributed by atoms with Crippen molar-refractivity contribution in [2.24, 2.45) is 0 Å². The summed E-state index contributed by atoms with van der Waals surface area (Å²) in [4.78, 5) is 15.0. The van der Waals surface area contributed by atoms with Crippen LogP contribution >= 0.6 is 0 Å². The number of halogens is 1. The van der Waals surface area contributed by atoms with E-state index in [9.17, 15) is 13.0 Å². The van der Waals surface area contributed by atoms with Crippen LogP contribution in [0.15, 0.2) is 57.3 Å². The first-order chi connectivity index (χ1) is 28.7. The van der Waals surface area contributed by atoms with Gasteiger partial charge in [-0.25, -0.2) is 12.8 Å². The van der Waals surface area contributed by atoms with E-state index in [1.54, 1.807) is 12.3 Å². The molecule has 0 saturated carbocycles. The number of rotatable bonds is 22. The molecule has 0 spiro atoms. The smallest absolute Gasteiger partial charge is 0.210 e. The molecule has 328 valence electrons. The molecule has 3 saturated heterocycles. The van der Waals surface area contributed by atoms with Crippen molar-refractivity contribution in [3.8, 4) is 5.75 Å². The maximum absolute atomic E-state index is 15.5. The van der Waals surface area contributed by atoms with Gasteiger partial charge in [-0.15, -0.1) is 0 Å². The van der Waals surface area contributed by atoms with E-state index in [2.05, 4.69) is 38.6 Å². The number of fused-ring (bicyclic) bond motifs is 1. The van der Waals surface area contributed by atoms with Crippen LogP contribution in [0, 0.1) is 5.82 Å². The second kappa shape index (κ2) is 23.1. The van der Waals surface area contributed by atoms with E-state index in [-0.39, 0.29) is 15.5 Å². The number of piperazine rings is 1. The molecule has 3 aliphatic rings. The summed E-state index contributed by atoms with van der Waals surface area (Å²) in [6, 6.07) is 10.5. The van der Waals surface area contributed by atoms with E-state index in [1.807, 2.05) is 12.1 Å². The van der Waals surface area contributed by atoms with Crippen LogP contribution < -0.4 is 9.64 Å². The van der Waals surface area contributed by atoms with Crippen LogP contribution in [0.1, 0.15) is 122 Å². The number of nitrogens with zero attached hydrogens (tertiary/aromatic N) is 5. The Morgan fingerprint density at radius 2 is 1.31 bits per heavy atom. The number of sulfone groups is 1. The third kappa shape index (κ3) is 12.8. The Morgan fingerprint density at radius 1 is 0.746 bits per heavy atom. The summed E-state index contributed by atoms with van der Waals surface area (Å²) in [5.74, 6) is -0.618. The topological polar surface area (TPSA) is 92.3 Å². The molecule has 3 aliphatic heterocycles. The molecule has 0 radical (unpaired) electrons. The number of pyridine rings is 1. The molecule has 0 amide bonds. The van der Waals surface area contributed by atoms with Crippen LogP contribution in [0.25, 0.3) is 10.9 Å². The molecule has 9 nitrogen and oxygen atoms in total. The third-order valence-electron chi connectivity index (χ3n) is 13.2. The Kier molecular flexibility index (Phi) is 18.0. The Morgan fingerprint density at radius 3 is 1.88 bits per heavy atom. The number of likely N-dealkylation sites (tertiary alicyclic amines) is 1. The number of hydrogen-bond acceptors (Lipinski definition) is 9. The quantitative estimate of drug-likeness (QED) is 0.0724. The number of ether oxygens (including phenoxy) is 1. The van der Waals surface area contributed by atoms with Crippen LogP contribution in [-0.4, -0.2) is 117 Å². The molecule has 0 aliphatic carbocycles. The number of aromatic nitrogens is 1. The Hall–Kier alpha value is -2.48. The predicted octanol–water partition coefficient (Wildman–Crippen LogP) is 9.48. The zero-order chi connectivity index (χ0) is 41.6. The summed E-state index contributed by atoms with van der Waals surface area (Å²) in [5, 5.41) is 0.652. The molecule has 3 aromatic rings. The van der Waals surface area contributed by atoms with Crippen LogP contribution in [0.4, 0.5) is 10.1 Å². The van der Waals surface area contributed by atoms with Crippen molar-refractivity contribution < 1.29 is 22.1 Å². The Labute approximate surface area is 358 Å². The van der Waals surface area contributed by atoms with Gasteiger partial charge >= 0.3 is 0 Å². The second-order valence-electron chi connectivity index (χ2n) is 17.5. The van der Waals surface area contributed by atoms with Crippen LogP contribution in [0.5, 0.6) is 5.75 Å². The monoisotopic (exact) mass is 854 g/mol. The fourth-order valence-corrected chi connectivity index (χ4v) is 11.5. The fourth-order valence-electron chi connectivity index (χ4n) is 9.47. The largest absolute Gasteiger partial charge is 0.612 e. The Bertz CT molecular complexity index is 1840. The van der Waals surface area contributed by atoms with E-state index in [0.29, 0.717) is 53.3 Å². The first kappa shape index (κ1) is 46.0. The second-order valence-corrected chi connectivity index (χ2v) is 20.8. The van der Waals surface area contributed by atoms with Gasteiger partial charge in [0.05, 0.1) is 22.7 Å². The number of benzene rings is 2. The van der Waals surface area contributed by atoms with Gasteiger partial charge < -0.3 is 24.0 Å². The van der Waals surface area contributed by atoms with Crippen LogP contribution in [0.3, 0.4) is 0 Å². The molecule has 0 N–H and O–H groups in total. The highest BCUT2D eigenvalue weighted by atomic mass is 32.2. The van der Waals surface area contributed by atoms with Crippen molar-refractivity contribution >= 4 is 37.6 Å². The maximum atomic E-state index is 15.5. The number of unbranched alkanes of at least 4 members (excludes halogenated alkanes) is 13. The average Bonchev–Trinajstić information content (AvgIpc) is 3.25. The van der Waals surface area contributed by atoms with Gasteiger partial charge in [0.15, 0.2) is 16.5 Å². The average molecular weight is 854 g/mol. The first-order valence-corrected chi connectivity index (χ1v) is 26.0. The highest BCUT2D eigenvalue weighted by Crippen LogP contribution is 2.39. The minimum atomic E-state index is -4.18. The molecule has 1 unspecified atom stereocenters. The van der Waals surface area contributed by atoms with E-state index >= 15 is 4.39 Å². The molecule has 1 aromatic heterocycles. The fraction of sp³-hybridized carbons (Fsp3) is 0.681. The van der Waals surface area contributed by atoms with Crippen LogP contribution in [0.2, 0.25) is 0 Å². The lowest BCUT2D eigenvalue weighted by molar-refractivity contribution is 0.0495. The van der Waals surface area contributed by atoms with Gasteiger partial charge in [-0.2, -0.15) is 0 Å². The van der Waals surface area contributed by atoms with E-state index in [0.717, 1.165) is 77.4 Å². The highest BCUT2D eigenvalue weighted by Gasteiger charge is 2.34. The lowest BCUT2D eigenvalue weighted by atomic mass is 9.96. The number of anilines is 1. The van der Waals surface area contributed by atoms with Gasteiger partial charge in [0.25, 0.3) is 0 Å². The molecule has 59 heavy (non-hydrogen) atoms. The SMILES string of the molecule is CCCCCCCCCCCCCCCCOc1ccc(S(=O)(=O)c2cnc3ccc([S+](C)[O-])cc3c2N2CCC(N3CCC(N4CCN(C)CC4)CC3)CC2)cc1F. The molecule has 2 aromatic carbocycles. The van der Waals surface area contributed by atoms with Gasteiger partial charge in [-0.3, -0.25) is 9.88 Å². The van der Waals surface area contributed by atoms with Crippen molar-refractivity contribution in [1.82, 2.24) is 19.7 Å². The van der Waals surface area contributed by atoms with Crippen molar-refractivity contribution in [2.45, 2.75) is 149 Å². The number of hydrogen-bond donors (Lipinski definition) is 0. The summed E-state index contributed by atoms with van der Waals surface area (Å²) < 4.78 is 62.9. The lowest BCUT2D eigenvalue weighted by Gasteiger charge is -2.46. The van der Waals surface area contributed by atoms with Crippen molar-refractivity contribution in [1.29, 1.82) is 0 Å². The summed E-state index contributed by atoms with van der Waals surface area (Å²) in [6.07, 6.45) is 24.9. The molecule has 6 rings (SSSR count). The zero-order valence-electron chi connectivity index (χ0n) is 36.4. The van der Waals surface area contributed by atoms with Gasteiger partial charge in [-0.1, -0.05) is 90.4 Å². The number of piperidine rings is 2. The molecule has 3 fully saturated rings. The molecule has 12 heteroatoms. The molecule has 4 heterocycles. The van der Waals surface area contributed by atoms with Crippen molar-refractivity contribution in [2.75, 3.05) is 77.2 Å². The summed E-state index contributed by atoms with van der Waals surface area (Å²) in [6.45, 7) is 10.8. The highest BCUT2D eigenvalue weighted by molar-refractivity contribution is 7.91. The van der Waals surface area contributed by atoms with Gasteiger partial charge in [-0.05, 0) is 93.7 Å². The summed E-state index contributed by atoms with van der Waals surface area (Å²) >= 11 is -1.27. The van der Waals surface area contributed by atoms with E-state index in [4.69, 9.17) is 4.74 Å². The zero-order valence-corrected chi connectivity index (χ0v) is 38.0. The third-order valence-corrected chi connectivity index (χ3v) is 15.9. The van der Waals surface area contributed by atoms with E-state index in [1.165, 1.54) is 102 Å². The molecule has 0 bridgehead atoms. The normalized spacial score (nSPS) is 18.8. The molecular weight excluding hydrogens is 782 g/mol. The van der Waals surface area contributed by atoms with E-state index < -0.39 is 26.8 Å². The maximum Gasteiger partial charge on any atom is 0.210 e. The van der Waals surface area contributed by atoms with Gasteiger partial charge in [0.2, 0.25) is 9.84 Å². The molecule has 1 atom stereocenters. The van der Waals surface area contributed by atoms with Crippen LogP contribution in [-0.2, 0) is 21.0 Å². The van der Waals surface area contributed by atoms with Crippen molar-refractivity contribution in [3.05, 3.63) is 48.4 Å². The number of likely N-dealkylation sites (N-methyl/N-ethyl adjacent to an activating group) is 1. The standard InChI is InChI=1S/C47H72FN5O4S2/c1-4-5-6-7-8-9-10-11-12-13-14-15-16-17-34-57-45-21-19-41(36-43(45)48)59(55,56)46-37-49-44-20-18-40(58(3)54)35-42(44)47(46)53-28-24-38(25-29-53)51-26-22-39(23-27-51)52-32-30-50(2)31-33-52/h18-21,35-39H,4-17,22-34H2,1-3H3. The minimum Gasteiger partial charge on any atom is -0.612 e. The predicted molar refractivity (Wildman–Crippen MR) is 241 cm³/mol. The first-order valence-electron chi connectivity index (χ1n) is 23.0. The van der Waals surface area contributed by atoms with Gasteiger partial charge in [0.1, 0.15) is 11.2 Å². The minimum absolute atomic E-state index is 0.0472. The van der Waals surface area contributed by atoms with Gasteiger partial charge in [0, 0.05) is 69.0 Å². The lowest BCUT2D eigenvalue weighted by Crippen LogP contribution is -2.54. The summed E-state index contributed by atoms with van der Waals surface area (Å²) in [5.41, 5.74) is 1.20. The Balaban J connectivity index is 1.04. The molecular formula is C47H72FN5O4S2. The summed E-state index contributed by atoms with van der Waals surface area (Å²) in [7, 11) is -1.98. The van der Waals surface area contributed by atoms with Crippen molar-refractivity contribution in [3.63, 3.8) is 0 Å².